The first-order valence-corrected chi connectivity index (χ1v) is 8.21. The molecule has 3 N–H and O–H groups in total. The van der Waals surface area contributed by atoms with Crippen molar-refractivity contribution in [3.05, 3.63) is 47.3 Å². The Kier molecular flexibility index (Phi) is 9.14. The molecule has 0 spiro atoms. The lowest BCUT2D eigenvalue weighted by molar-refractivity contribution is -0.139. The fourth-order valence-electron chi connectivity index (χ4n) is 1.98. The molecule has 0 unspecified atom stereocenters. The van der Waals surface area contributed by atoms with Crippen molar-refractivity contribution in [3.8, 4) is 0 Å². The van der Waals surface area contributed by atoms with Crippen molar-refractivity contribution in [2.24, 2.45) is 0 Å². The number of carbonyl (C=O) groups excluding carboxylic acids is 2. The first kappa shape index (κ1) is 21.4. The number of benzene rings is 1. The van der Waals surface area contributed by atoms with Crippen LogP contribution in [0.5, 0.6) is 0 Å². The van der Waals surface area contributed by atoms with Gasteiger partial charge < -0.3 is 20.5 Å². The molecule has 2 amide bonds. The molecule has 0 saturated heterocycles. The van der Waals surface area contributed by atoms with Crippen LogP contribution in [0.1, 0.15) is 24.8 Å². The van der Waals surface area contributed by atoms with Gasteiger partial charge in [-0.15, -0.1) is 0 Å². The number of halogens is 2. The number of hydrogen-bond donors (Lipinski definition) is 3. The Labute approximate surface area is 155 Å². The zero-order chi connectivity index (χ0) is 19.5. The Hall–Kier alpha value is -2.61. The molecule has 0 aliphatic rings. The van der Waals surface area contributed by atoms with E-state index in [0.717, 1.165) is 12.1 Å². The molecule has 1 rings (SSSR count). The second-order valence-electron chi connectivity index (χ2n) is 5.34. The average Bonchev–Trinajstić information content (AvgIpc) is 2.59. The topological polar surface area (TPSA) is 105 Å². The zero-order valence-corrected chi connectivity index (χ0v) is 14.7. The maximum absolute atomic E-state index is 12.9. The van der Waals surface area contributed by atoms with E-state index in [0.29, 0.717) is 24.9 Å². The number of carboxylic acid groups (broad SMARTS) is 1. The van der Waals surface area contributed by atoms with Crippen LogP contribution in [0, 0.1) is 5.82 Å². The van der Waals surface area contributed by atoms with Crippen molar-refractivity contribution in [1.82, 2.24) is 10.6 Å². The van der Waals surface area contributed by atoms with E-state index >= 15 is 0 Å². The van der Waals surface area contributed by atoms with Crippen molar-refractivity contribution in [2.75, 3.05) is 6.54 Å². The lowest BCUT2D eigenvalue weighted by Crippen LogP contribution is -2.41. The van der Waals surface area contributed by atoms with E-state index < -0.39 is 23.9 Å². The molecule has 0 aliphatic carbocycles. The Morgan fingerprint density at radius 3 is 2.69 bits per heavy atom. The maximum Gasteiger partial charge on any atom is 0.408 e. The van der Waals surface area contributed by atoms with Gasteiger partial charge >= 0.3 is 12.1 Å². The van der Waals surface area contributed by atoms with Crippen LogP contribution in [-0.4, -0.2) is 35.7 Å². The minimum atomic E-state index is -1.20. The molecular formula is C17H20ClFN2O5. The number of hydrogen-bond acceptors (Lipinski definition) is 4. The molecule has 1 atom stereocenters. The number of rotatable bonds is 10. The predicted molar refractivity (Wildman–Crippen MR) is 93.2 cm³/mol. The predicted octanol–water partition coefficient (Wildman–Crippen LogP) is 2.63. The molecule has 1 aromatic rings. The number of nitrogens with one attached hydrogen (secondary N) is 2. The zero-order valence-electron chi connectivity index (χ0n) is 14.0. The van der Waals surface area contributed by atoms with E-state index in [2.05, 4.69) is 17.2 Å². The summed E-state index contributed by atoms with van der Waals surface area (Å²) in [7, 11) is 0. The molecule has 0 heterocycles. The van der Waals surface area contributed by atoms with Crippen LogP contribution in [0.15, 0.2) is 30.9 Å². The minimum absolute atomic E-state index is 0.106. The molecular weight excluding hydrogens is 367 g/mol. The monoisotopic (exact) mass is 386 g/mol. The van der Waals surface area contributed by atoms with Gasteiger partial charge in [0, 0.05) is 12.1 Å². The second kappa shape index (κ2) is 11.1. The first-order valence-electron chi connectivity index (χ1n) is 7.83. The van der Waals surface area contributed by atoms with Gasteiger partial charge in [-0.3, -0.25) is 4.79 Å². The molecule has 0 aliphatic heterocycles. The molecule has 7 nitrogen and oxygen atoms in total. The average molecular weight is 387 g/mol. The summed E-state index contributed by atoms with van der Waals surface area (Å²) in [5, 5.41) is 14.1. The summed E-state index contributed by atoms with van der Waals surface area (Å²) in [5.74, 6) is -2.02. The fraction of sp³-hybridized carbons (Fsp3) is 0.353. The van der Waals surface area contributed by atoms with E-state index in [4.69, 9.17) is 21.4 Å². The third kappa shape index (κ3) is 7.98. The Bertz CT molecular complexity index is 669. The van der Waals surface area contributed by atoms with Gasteiger partial charge in [-0.05, 0) is 37.5 Å². The second-order valence-corrected chi connectivity index (χ2v) is 5.75. The quantitative estimate of drug-likeness (QED) is 0.423. The number of ether oxygens (including phenoxy) is 1. The van der Waals surface area contributed by atoms with E-state index in [-0.39, 0.29) is 24.0 Å². The smallest absolute Gasteiger partial charge is 0.408 e. The molecule has 0 fully saturated rings. The Morgan fingerprint density at radius 2 is 2.08 bits per heavy atom. The Morgan fingerprint density at radius 1 is 1.35 bits per heavy atom. The minimum Gasteiger partial charge on any atom is -0.480 e. The molecule has 9 heteroatoms. The number of carboxylic acids is 1. The van der Waals surface area contributed by atoms with Gasteiger partial charge in [0.2, 0.25) is 5.91 Å². The lowest BCUT2D eigenvalue weighted by Gasteiger charge is -2.15. The van der Waals surface area contributed by atoms with Gasteiger partial charge in [0.15, 0.2) is 0 Å². The van der Waals surface area contributed by atoms with Crippen LogP contribution in [0.4, 0.5) is 9.18 Å². The summed E-state index contributed by atoms with van der Waals surface area (Å²) in [6.45, 7) is 3.48. The van der Waals surface area contributed by atoms with Crippen LogP contribution in [0.3, 0.4) is 0 Å². The van der Waals surface area contributed by atoms with E-state index in [1.165, 1.54) is 12.1 Å². The van der Waals surface area contributed by atoms with E-state index in [1.54, 1.807) is 0 Å². The van der Waals surface area contributed by atoms with Crippen molar-refractivity contribution in [3.63, 3.8) is 0 Å². The van der Waals surface area contributed by atoms with Gasteiger partial charge in [0.1, 0.15) is 18.5 Å². The summed E-state index contributed by atoms with van der Waals surface area (Å²) in [6, 6.07) is 2.51. The number of aliphatic carboxylic acids is 1. The summed E-state index contributed by atoms with van der Waals surface area (Å²) in [5.41, 5.74) is 0.396. The van der Waals surface area contributed by atoms with Crippen molar-refractivity contribution < 1.29 is 28.6 Å². The highest BCUT2D eigenvalue weighted by Crippen LogP contribution is 2.18. The lowest BCUT2D eigenvalue weighted by atomic mass is 10.1. The highest BCUT2D eigenvalue weighted by Gasteiger charge is 2.20. The first-order chi connectivity index (χ1) is 12.3. The van der Waals surface area contributed by atoms with Crippen LogP contribution in [0.25, 0.3) is 0 Å². The van der Waals surface area contributed by atoms with Gasteiger partial charge in [0.05, 0.1) is 5.02 Å². The number of amides is 2. The number of alkyl carbamates (subject to hydrolysis) is 1. The largest absolute Gasteiger partial charge is 0.480 e. The maximum atomic E-state index is 12.9. The van der Waals surface area contributed by atoms with Crippen LogP contribution in [-0.2, 0) is 20.9 Å². The van der Waals surface area contributed by atoms with E-state index in [9.17, 15) is 18.8 Å². The third-order valence-corrected chi connectivity index (χ3v) is 3.72. The summed E-state index contributed by atoms with van der Waals surface area (Å²) in [6.07, 6.45) is 1.42. The highest BCUT2D eigenvalue weighted by atomic mass is 35.5. The van der Waals surface area contributed by atoms with Crippen molar-refractivity contribution >= 4 is 29.6 Å². The summed E-state index contributed by atoms with van der Waals surface area (Å²) >= 11 is 5.82. The molecule has 1 aromatic carbocycles. The Balaban J connectivity index is 2.38. The summed E-state index contributed by atoms with van der Waals surface area (Å²) in [4.78, 5) is 33.9. The molecule has 26 heavy (non-hydrogen) atoms. The molecule has 142 valence electrons. The molecule has 0 bridgehead atoms. The normalized spacial score (nSPS) is 11.3. The standard InChI is InChI=1S/C17H20ClFN2O5/c1-2-15(22)20-8-4-3-5-14(16(23)24)21-17(25)26-10-11-6-7-12(19)9-13(11)18/h2,6-7,9,14H,1,3-5,8,10H2,(H,20,22)(H,21,25)(H,23,24)/t14-/m0/s1. The number of carbonyl (C=O) groups is 3. The fourth-order valence-corrected chi connectivity index (χ4v) is 2.20. The highest BCUT2D eigenvalue weighted by molar-refractivity contribution is 6.31. The van der Waals surface area contributed by atoms with Gasteiger partial charge in [-0.1, -0.05) is 24.2 Å². The van der Waals surface area contributed by atoms with Crippen molar-refractivity contribution in [1.29, 1.82) is 0 Å². The molecule has 0 saturated carbocycles. The third-order valence-electron chi connectivity index (χ3n) is 3.37. The van der Waals surface area contributed by atoms with Crippen molar-refractivity contribution in [2.45, 2.75) is 31.9 Å². The van der Waals surface area contributed by atoms with Gasteiger partial charge in [-0.25, -0.2) is 14.0 Å². The number of unbranched alkanes of at least 4 members (excludes halogenated alkanes) is 1. The van der Waals surface area contributed by atoms with Crippen LogP contribution < -0.4 is 10.6 Å². The van der Waals surface area contributed by atoms with Crippen LogP contribution >= 0.6 is 11.6 Å². The SMILES string of the molecule is C=CC(=O)NCCCC[C@H](NC(=O)OCc1ccc(F)cc1Cl)C(=O)O. The molecule has 0 radical (unpaired) electrons. The van der Waals surface area contributed by atoms with Gasteiger partial charge in [0.25, 0.3) is 0 Å². The van der Waals surface area contributed by atoms with E-state index in [1.807, 2.05) is 0 Å². The summed E-state index contributed by atoms with van der Waals surface area (Å²) < 4.78 is 17.9. The molecule has 0 aromatic heterocycles. The van der Waals surface area contributed by atoms with Gasteiger partial charge in [-0.2, -0.15) is 0 Å². The van der Waals surface area contributed by atoms with Crippen LogP contribution in [0.2, 0.25) is 5.02 Å².